The van der Waals surface area contributed by atoms with Crippen LogP contribution < -0.4 is 0 Å². The van der Waals surface area contributed by atoms with E-state index in [4.69, 9.17) is 4.74 Å². The highest BCUT2D eigenvalue weighted by molar-refractivity contribution is 8.00. The Labute approximate surface area is 129 Å². The molecule has 21 heavy (non-hydrogen) atoms. The van der Waals surface area contributed by atoms with Crippen LogP contribution in [0, 0.1) is 0 Å². The fraction of sp³-hybridized carbons (Fsp3) is 0.917. The SMILES string of the molecule is CN(C(=O)C1CSCN1S(=O)(=O)N1CCOCC1)C1CC1. The molecular weight excluding hydrogens is 314 g/mol. The van der Waals surface area contributed by atoms with Crippen LogP contribution in [-0.4, -0.2) is 84.9 Å². The van der Waals surface area contributed by atoms with Crippen molar-refractivity contribution in [3.63, 3.8) is 0 Å². The highest BCUT2D eigenvalue weighted by atomic mass is 32.2. The normalized spacial score (nSPS) is 28.7. The Balaban J connectivity index is 1.74. The second-order valence-corrected chi connectivity index (χ2v) is 8.48. The third kappa shape index (κ3) is 3.07. The van der Waals surface area contributed by atoms with Gasteiger partial charge in [0.25, 0.3) is 10.2 Å². The van der Waals surface area contributed by atoms with Gasteiger partial charge in [-0.25, -0.2) is 0 Å². The minimum absolute atomic E-state index is 0.0701. The maximum absolute atomic E-state index is 12.7. The van der Waals surface area contributed by atoms with Crippen LogP contribution in [0.15, 0.2) is 0 Å². The fourth-order valence-electron chi connectivity index (χ4n) is 2.65. The number of thioether (sulfide) groups is 1. The zero-order valence-corrected chi connectivity index (χ0v) is 13.7. The molecule has 2 aliphatic heterocycles. The van der Waals surface area contributed by atoms with Crippen LogP contribution >= 0.6 is 11.8 Å². The summed E-state index contributed by atoms with van der Waals surface area (Å²) in [4.78, 5) is 14.3. The molecule has 3 fully saturated rings. The van der Waals surface area contributed by atoms with Gasteiger partial charge >= 0.3 is 0 Å². The van der Waals surface area contributed by atoms with Crippen LogP contribution in [-0.2, 0) is 19.7 Å². The van der Waals surface area contributed by atoms with E-state index in [0.29, 0.717) is 44.0 Å². The lowest BCUT2D eigenvalue weighted by atomic mass is 10.3. The van der Waals surface area contributed by atoms with E-state index in [1.165, 1.54) is 20.4 Å². The second kappa shape index (κ2) is 6.04. The van der Waals surface area contributed by atoms with Crippen LogP contribution in [0.4, 0.5) is 0 Å². The lowest BCUT2D eigenvalue weighted by molar-refractivity contribution is -0.133. The summed E-state index contributed by atoms with van der Waals surface area (Å²) in [5, 5.41) is 0. The van der Waals surface area contributed by atoms with Crippen LogP contribution in [0.25, 0.3) is 0 Å². The summed E-state index contributed by atoms with van der Waals surface area (Å²) in [7, 11) is -1.80. The van der Waals surface area contributed by atoms with Gasteiger partial charge in [0, 0.05) is 31.9 Å². The summed E-state index contributed by atoms with van der Waals surface area (Å²) < 4.78 is 33.4. The van der Waals surface area contributed by atoms with E-state index < -0.39 is 16.3 Å². The molecule has 0 spiro atoms. The van der Waals surface area contributed by atoms with Crippen molar-refractivity contribution >= 4 is 27.9 Å². The van der Waals surface area contributed by atoms with Crippen molar-refractivity contribution in [3.8, 4) is 0 Å². The van der Waals surface area contributed by atoms with Crippen molar-refractivity contribution in [1.82, 2.24) is 13.5 Å². The number of hydrogen-bond donors (Lipinski definition) is 0. The quantitative estimate of drug-likeness (QED) is 0.697. The summed E-state index contributed by atoms with van der Waals surface area (Å²) in [6.45, 7) is 1.56. The van der Waals surface area contributed by atoms with Crippen molar-refractivity contribution in [2.45, 2.75) is 24.9 Å². The van der Waals surface area contributed by atoms with E-state index in [1.807, 2.05) is 0 Å². The summed E-state index contributed by atoms with van der Waals surface area (Å²) in [5.74, 6) is 0.827. The van der Waals surface area contributed by atoms with E-state index in [9.17, 15) is 13.2 Å². The van der Waals surface area contributed by atoms with Crippen LogP contribution in [0.1, 0.15) is 12.8 Å². The molecule has 1 aliphatic carbocycles. The molecule has 1 atom stereocenters. The molecule has 3 rings (SSSR count). The van der Waals surface area contributed by atoms with Gasteiger partial charge in [-0.2, -0.15) is 17.0 Å². The zero-order valence-electron chi connectivity index (χ0n) is 12.1. The molecule has 1 unspecified atom stereocenters. The lowest BCUT2D eigenvalue weighted by Crippen LogP contribution is -2.54. The zero-order chi connectivity index (χ0) is 15.0. The molecule has 1 amide bonds. The molecule has 7 nitrogen and oxygen atoms in total. The highest BCUT2D eigenvalue weighted by Crippen LogP contribution is 2.31. The smallest absolute Gasteiger partial charge is 0.283 e. The Hall–Kier alpha value is -0.350. The van der Waals surface area contributed by atoms with Gasteiger partial charge in [0.1, 0.15) is 6.04 Å². The largest absolute Gasteiger partial charge is 0.379 e. The Morgan fingerprint density at radius 3 is 2.57 bits per heavy atom. The predicted octanol–water partition coefficient (Wildman–Crippen LogP) is -0.441. The third-order valence-corrected chi connectivity index (χ3v) is 7.33. The number of likely N-dealkylation sites (N-methyl/N-ethyl adjacent to an activating group) is 1. The monoisotopic (exact) mass is 335 g/mol. The lowest BCUT2D eigenvalue weighted by Gasteiger charge is -2.33. The molecule has 1 saturated carbocycles. The number of hydrogen-bond acceptors (Lipinski definition) is 5. The average Bonchev–Trinajstić information content (AvgIpc) is 3.22. The van der Waals surface area contributed by atoms with E-state index in [0.717, 1.165) is 12.8 Å². The average molecular weight is 335 g/mol. The molecule has 0 aromatic heterocycles. The molecule has 0 aromatic carbocycles. The van der Waals surface area contributed by atoms with Gasteiger partial charge < -0.3 is 9.64 Å². The summed E-state index contributed by atoms with van der Waals surface area (Å²) in [6.07, 6.45) is 2.05. The Morgan fingerprint density at radius 2 is 1.95 bits per heavy atom. The van der Waals surface area contributed by atoms with Crippen LogP contribution in [0.2, 0.25) is 0 Å². The first kappa shape index (κ1) is 15.5. The Kier molecular flexibility index (Phi) is 4.47. The number of carbonyl (C=O) groups is 1. The van der Waals surface area contributed by atoms with Crippen LogP contribution in [0.3, 0.4) is 0 Å². The van der Waals surface area contributed by atoms with Crippen molar-refractivity contribution in [1.29, 1.82) is 0 Å². The Morgan fingerprint density at radius 1 is 1.29 bits per heavy atom. The third-order valence-electron chi connectivity index (χ3n) is 4.16. The Bertz CT molecular complexity index is 503. The van der Waals surface area contributed by atoms with Crippen LogP contribution in [0.5, 0.6) is 0 Å². The second-order valence-electron chi connectivity index (χ2n) is 5.60. The first-order valence-electron chi connectivity index (χ1n) is 7.21. The molecule has 0 radical (unpaired) electrons. The number of amides is 1. The molecular formula is C12H21N3O4S2. The summed E-state index contributed by atoms with van der Waals surface area (Å²) >= 11 is 1.50. The van der Waals surface area contributed by atoms with Gasteiger partial charge in [0.15, 0.2) is 0 Å². The molecule has 0 bridgehead atoms. The molecule has 120 valence electrons. The molecule has 9 heteroatoms. The maximum Gasteiger partial charge on any atom is 0.283 e. The first-order valence-corrected chi connectivity index (χ1v) is 9.76. The minimum atomic E-state index is -3.58. The topological polar surface area (TPSA) is 70.2 Å². The molecule has 3 aliphatic rings. The van der Waals surface area contributed by atoms with Crippen molar-refractivity contribution in [2.24, 2.45) is 0 Å². The van der Waals surface area contributed by atoms with E-state index >= 15 is 0 Å². The van der Waals surface area contributed by atoms with Gasteiger partial charge in [-0.15, -0.1) is 11.8 Å². The van der Waals surface area contributed by atoms with Gasteiger partial charge in [-0.05, 0) is 12.8 Å². The number of ether oxygens (including phenoxy) is 1. The fourth-order valence-corrected chi connectivity index (χ4v) is 5.91. The molecule has 0 aromatic rings. The number of nitrogens with zero attached hydrogens (tertiary/aromatic N) is 3. The van der Waals surface area contributed by atoms with Crippen molar-refractivity contribution < 1.29 is 17.9 Å². The maximum atomic E-state index is 12.7. The number of morpholine rings is 1. The van der Waals surface area contributed by atoms with E-state index in [-0.39, 0.29) is 5.91 Å². The van der Waals surface area contributed by atoms with Gasteiger partial charge in [0.2, 0.25) is 5.91 Å². The highest BCUT2D eigenvalue weighted by Gasteiger charge is 2.45. The van der Waals surface area contributed by atoms with Crippen molar-refractivity contribution in [3.05, 3.63) is 0 Å². The van der Waals surface area contributed by atoms with Gasteiger partial charge in [-0.1, -0.05) is 0 Å². The van der Waals surface area contributed by atoms with Gasteiger partial charge in [0.05, 0.1) is 19.1 Å². The van der Waals surface area contributed by atoms with Gasteiger partial charge in [-0.3, -0.25) is 4.79 Å². The number of carbonyl (C=O) groups excluding carboxylic acids is 1. The number of rotatable bonds is 4. The standard InChI is InChI=1S/C12H21N3O4S2/c1-13(10-2-3-10)12(16)11-8-20-9-15(11)21(17,18)14-4-6-19-7-5-14/h10-11H,2-9H2,1H3. The molecule has 2 heterocycles. The van der Waals surface area contributed by atoms with E-state index in [2.05, 4.69) is 0 Å². The molecule has 0 N–H and O–H groups in total. The minimum Gasteiger partial charge on any atom is -0.379 e. The summed E-state index contributed by atoms with van der Waals surface area (Å²) in [6, 6.07) is -0.260. The van der Waals surface area contributed by atoms with Crippen molar-refractivity contribution in [2.75, 3.05) is 45.0 Å². The summed E-state index contributed by atoms with van der Waals surface area (Å²) in [5.41, 5.74) is 0. The van der Waals surface area contributed by atoms with E-state index in [1.54, 1.807) is 11.9 Å². The first-order chi connectivity index (χ1) is 10.0. The molecule has 2 saturated heterocycles. The predicted molar refractivity (Wildman–Crippen MR) is 80.1 cm³/mol.